The van der Waals surface area contributed by atoms with Gasteiger partial charge in [0.25, 0.3) is 0 Å². The van der Waals surface area contributed by atoms with Crippen molar-refractivity contribution in [3.8, 4) is 0 Å². The van der Waals surface area contributed by atoms with Crippen molar-refractivity contribution in [3.63, 3.8) is 0 Å². The van der Waals surface area contributed by atoms with Crippen molar-refractivity contribution in [2.75, 3.05) is 26.3 Å². The highest BCUT2D eigenvalue weighted by molar-refractivity contribution is 7.12. The van der Waals surface area contributed by atoms with E-state index in [2.05, 4.69) is 45.6 Å². The third kappa shape index (κ3) is 3.80. The second kappa shape index (κ2) is 5.94. The van der Waals surface area contributed by atoms with Gasteiger partial charge in [0.05, 0.1) is 13.2 Å². The van der Waals surface area contributed by atoms with E-state index in [-0.39, 0.29) is 5.41 Å². The Balaban J connectivity index is 2.19. The van der Waals surface area contributed by atoms with Gasteiger partial charge in [-0.05, 0) is 23.0 Å². The standard InChI is InChI=1S/C16H27NOS/c1-12(2)15-13(10-14(19-15)16(3,4)5)11-17-6-8-18-9-7-17/h10,12H,6-9,11H2,1-5H3. The molecule has 2 rings (SSSR count). The van der Waals surface area contributed by atoms with Crippen LogP contribution in [0.1, 0.15) is 55.9 Å². The molecule has 3 heteroatoms. The number of nitrogens with zero attached hydrogens (tertiary/aromatic N) is 1. The van der Waals surface area contributed by atoms with Crippen LogP contribution in [0.2, 0.25) is 0 Å². The number of hydrogen-bond acceptors (Lipinski definition) is 3. The number of thiophene rings is 1. The number of morpholine rings is 1. The molecule has 0 unspecified atom stereocenters. The molecule has 1 aromatic rings. The van der Waals surface area contributed by atoms with Crippen LogP contribution in [-0.2, 0) is 16.7 Å². The molecule has 2 nitrogen and oxygen atoms in total. The molecular weight excluding hydrogens is 254 g/mol. The van der Waals surface area contributed by atoms with Gasteiger partial charge in [0.1, 0.15) is 0 Å². The van der Waals surface area contributed by atoms with E-state index >= 15 is 0 Å². The van der Waals surface area contributed by atoms with Gasteiger partial charge in [-0.3, -0.25) is 4.90 Å². The number of hydrogen-bond donors (Lipinski definition) is 0. The van der Waals surface area contributed by atoms with Crippen molar-refractivity contribution in [3.05, 3.63) is 21.4 Å². The van der Waals surface area contributed by atoms with Crippen LogP contribution in [0.4, 0.5) is 0 Å². The zero-order valence-electron chi connectivity index (χ0n) is 13.0. The van der Waals surface area contributed by atoms with Gasteiger partial charge in [-0.1, -0.05) is 34.6 Å². The summed E-state index contributed by atoms with van der Waals surface area (Å²) in [6.07, 6.45) is 0. The molecule has 0 saturated carbocycles. The third-order valence-corrected chi connectivity index (χ3v) is 5.51. The first-order valence-electron chi connectivity index (χ1n) is 7.31. The van der Waals surface area contributed by atoms with Gasteiger partial charge in [0.2, 0.25) is 0 Å². The van der Waals surface area contributed by atoms with Crippen LogP contribution < -0.4 is 0 Å². The monoisotopic (exact) mass is 281 g/mol. The molecule has 1 aliphatic rings. The molecule has 2 heterocycles. The minimum absolute atomic E-state index is 0.261. The Labute approximate surface area is 121 Å². The van der Waals surface area contributed by atoms with E-state index in [1.807, 2.05) is 11.3 Å². The average Bonchev–Trinajstić information content (AvgIpc) is 2.74. The molecule has 0 spiro atoms. The SMILES string of the molecule is CC(C)c1sc(C(C)(C)C)cc1CN1CCOCC1. The minimum atomic E-state index is 0.261. The lowest BCUT2D eigenvalue weighted by Crippen LogP contribution is -2.35. The second-order valence-corrected chi connectivity index (χ2v) is 7.88. The predicted octanol–water partition coefficient (Wildman–Crippen LogP) is 4.00. The normalized spacial score (nSPS) is 18.2. The highest BCUT2D eigenvalue weighted by atomic mass is 32.1. The minimum Gasteiger partial charge on any atom is -0.379 e. The third-order valence-electron chi connectivity index (χ3n) is 3.60. The van der Waals surface area contributed by atoms with Crippen LogP contribution in [0.5, 0.6) is 0 Å². The lowest BCUT2D eigenvalue weighted by Gasteiger charge is -2.27. The van der Waals surface area contributed by atoms with Crippen LogP contribution in [-0.4, -0.2) is 31.2 Å². The first-order valence-corrected chi connectivity index (χ1v) is 8.13. The quantitative estimate of drug-likeness (QED) is 0.830. The summed E-state index contributed by atoms with van der Waals surface area (Å²) in [4.78, 5) is 5.60. The summed E-state index contributed by atoms with van der Waals surface area (Å²) in [5.41, 5.74) is 1.80. The molecule has 108 valence electrons. The molecule has 0 radical (unpaired) electrons. The van der Waals surface area contributed by atoms with Gasteiger partial charge in [-0.25, -0.2) is 0 Å². The van der Waals surface area contributed by atoms with Crippen LogP contribution in [0, 0.1) is 0 Å². The lowest BCUT2D eigenvalue weighted by atomic mass is 9.93. The van der Waals surface area contributed by atoms with Crippen molar-refractivity contribution in [2.45, 2.75) is 52.5 Å². The Morgan fingerprint density at radius 3 is 2.42 bits per heavy atom. The van der Waals surface area contributed by atoms with Crippen molar-refractivity contribution >= 4 is 11.3 Å². The van der Waals surface area contributed by atoms with E-state index in [1.165, 1.54) is 10.4 Å². The summed E-state index contributed by atoms with van der Waals surface area (Å²) in [5, 5.41) is 0. The largest absolute Gasteiger partial charge is 0.379 e. The molecule has 0 aromatic carbocycles. The summed E-state index contributed by atoms with van der Waals surface area (Å²) in [6, 6.07) is 2.44. The maximum Gasteiger partial charge on any atom is 0.0594 e. The predicted molar refractivity (Wildman–Crippen MR) is 83.2 cm³/mol. The van der Waals surface area contributed by atoms with Gasteiger partial charge in [0, 0.05) is 29.4 Å². The molecule has 0 aliphatic carbocycles. The van der Waals surface area contributed by atoms with Crippen LogP contribution in [0.3, 0.4) is 0 Å². The van der Waals surface area contributed by atoms with Gasteiger partial charge >= 0.3 is 0 Å². The highest BCUT2D eigenvalue weighted by Crippen LogP contribution is 2.36. The summed E-state index contributed by atoms with van der Waals surface area (Å²) < 4.78 is 5.44. The van der Waals surface area contributed by atoms with Crippen molar-refractivity contribution < 1.29 is 4.74 Å². The van der Waals surface area contributed by atoms with E-state index in [4.69, 9.17) is 4.74 Å². The molecule has 19 heavy (non-hydrogen) atoms. The fourth-order valence-corrected chi connectivity index (χ4v) is 3.66. The maximum atomic E-state index is 5.44. The fraction of sp³-hybridized carbons (Fsp3) is 0.750. The first kappa shape index (κ1) is 15.0. The van der Waals surface area contributed by atoms with Crippen molar-refractivity contribution in [2.24, 2.45) is 0 Å². The Bertz CT molecular complexity index is 411. The van der Waals surface area contributed by atoms with Crippen molar-refractivity contribution in [1.82, 2.24) is 4.90 Å². The molecule has 0 bridgehead atoms. The van der Waals surface area contributed by atoms with Crippen LogP contribution in [0.25, 0.3) is 0 Å². The zero-order valence-corrected chi connectivity index (χ0v) is 13.8. The molecule has 1 fully saturated rings. The molecule has 0 amide bonds. The topological polar surface area (TPSA) is 12.5 Å². The summed E-state index contributed by atoms with van der Waals surface area (Å²) in [6.45, 7) is 16.5. The zero-order chi connectivity index (χ0) is 14.0. The van der Waals surface area contributed by atoms with E-state index in [9.17, 15) is 0 Å². The first-order chi connectivity index (χ1) is 8.88. The Hall–Kier alpha value is -0.380. The Morgan fingerprint density at radius 2 is 1.89 bits per heavy atom. The van der Waals surface area contributed by atoms with E-state index < -0.39 is 0 Å². The van der Waals surface area contributed by atoms with Gasteiger partial charge in [0.15, 0.2) is 0 Å². The molecular formula is C16H27NOS. The Kier molecular flexibility index (Phi) is 4.70. The summed E-state index contributed by atoms with van der Waals surface area (Å²) in [7, 11) is 0. The molecule has 1 saturated heterocycles. The maximum absolute atomic E-state index is 5.44. The molecule has 0 atom stereocenters. The molecule has 1 aromatic heterocycles. The number of rotatable bonds is 3. The van der Waals surface area contributed by atoms with Crippen LogP contribution >= 0.6 is 11.3 Å². The van der Waals surface area contributed by atoms with E-state index in [0.29, 0.717) is 5.92 Å². The second-order valence-electron chi connectivity index (χ2n) is 6.79. The van der Waals surface area contributed by atoms with Crippen molar-refractivity contribution in [1.29, 1.82) is 0 Å². The summed E-state index contributed by atoms with van der Waals surface area (Å²) >= 11 is 2.01. The summed E-state index contributed by atoms with van der Waals surface area (Å²) in [5.74, 6) is 0.622. The van der Waals surface area contributed by atoms with E-state index in [0.717, 1.165) is 32.8 Å². The lowest BCUT2D eigenvalue weighted by molar-refractivity contribution is 0.0341. The average molecular weight is 281 g/mol. The molecule has 0 N–H and O–H groups in total. The van der Waals surface area contributed by atoms with Gasteiger partial charge in [-0.2, -0.15) is 0 Å². The van der Waals surface area contributed by atoms with E-state index in [1.54, 1.807) is 4.88 Å². The number of ether oxygens (including phenoxy) is 1. The smallest absolute Gasteiger partial charge is 0.0594 e. The van der Waals surface area contributed by atoms with Gasteiger partial charge < -0.3 is 4.74 Å². The highest BCUT2D eigenvalue weighted by Gasteiger charge is 2.22. The fourth-order valence-electron chi connectivity index (χ4n) is 2.42. The van der Waals surface area contributed by atoms with Gasteiger partial charge in [-0.15, -0.1) is 11.3 Å². The molecule has 1 aliphatic heterocycles. The van der Waals surface area contributed by atoms with Crippen LogP contribution in [0.15, 0.2) is 6.07 Å². The Morgan fingerprint density at radius 1 is 1.26 bits per heavy atom.